The molecule has 0 aliphatic carbocycles. The molecule has 1 rings (SSSR count). The van der Waals surface area contributed by atoms with Gasteiger partial charge in [-0.1, -0.05) is 11.6 Å². The van der Waals surface area contributed by atoms with Crippen LogP contribution in [0.15, 0.2) is 12.1 Å². The van der Waals surface area contributed by atoms with Gasteiger partial charge in [-0.3, -0.25) is 0 Å². The Bertz CT molecular complexity index is 392. The maximum Gasteiger partial charge on any atom is 0.126 e. The summed E-state index contributed by atoms with van der Waals surface area (Å²) in [5, 5.41) is 3.77. The third kappa shape index (κ3) is 6.76. The first-order chi connectivity index (χ1) is 8.92. The number of hydrogen-bond acceptors (Lipinski definition) is 4. The van der Waals surface area contributed by atoms with Crippen molar-refractivity contribution in [2.24, 2.45) is 0 Å². The van der Waals surface area contributed by atoms with Crippen molar-refractivity contribution in [3.8, 4) is 0 Å². The molecule has 1 N–H and O–H groups in total. The van der Waals surface area contributed by atoms with E-state index in [1.54, 1.807) is 0 Å². The van der Waals surface area contributed by atoms with Gasteiger partial charge in [0.1, 0.15) is 5.82 Å². The Kier molecular flexibility index (Phi) is 6.55. The van der Waals surface area contributed by atoms with Gasteiger partial charge in [0.25, 0.3) is 0 Å². The molecule has 0 spiro atoms. The third-order valence-electron chi connectivity index (χ3n) is 2.28. The van der Waals surface area contributed by atoms with Crippen LogP contribution in [0.2, 0.25) is 5.02 Å². The molecule has 0 radical (unpaired) electrons. The number of pyridine rings is 1. The number of nitrogens with one attached hydrogen (secondary N) is 1. The first kappa shape index (κ1) is 16.2. The molecule has 19 heavy (non-hydrogen) atoms. The first-order valence-corrected chi connectivity index (χ1v) is 6.91. The summed E-state index contributed by atoms with van der Waals surface area (Å²) < 4.78 is 11.1. The number of nitrogens with zero attached hydrogens (tertiary/aromatic N) is 1. The predicted octanol–water partition coefficient (Wildman–Crippen LogP) is 3.50. The second kappa shape index (κ2) is 7.68. The molecule has 1 heterocycles. The fourth-order valence-electron chi connectivity index (χ4n) is 1.44. The van der Waals surface area contributed by atoms with Crippen LogP contribution in [0, 0.1) is 0 Å². The van der Waals surface area contributed by atoms with E-state index in [9.17, 15) is 0 Å². The van der Waals surface area contributed by atoms with Crippen molar-refractivity contribution in [2.45, 2.75) is 39.9 Å². The summed E-state index contributed by atoms with van der Waals surface area (Å²) >= 11 is 6.08. The minimum absolute atomic E-state index is 0.135. The van der Waals surface area contributed by atoms with Crippen LogP contribution in [-0.4, -0.2) is 30.3 Å². The Morgan fingerprint density at radius 3 is 2.63 bits per heavy atom. The zero-order valence-electron chi connectivity index (χ0n) is 12.1. The standard InChI is InChI=1S/C14H23ClN2O2/c1-5-16-13-7-6-11(15)12(17-13)10-18-8-9-19-14(2,3)4/h6-7H,5,8-10H2,1-4H3,(H,16,17). The van der Waals surface area contributed by atoms with Gasteiger partial charge in [-0.25, -0.2) is 4.98 Å². The lowest BCUT2D eigenvalue weighted by atomic mass is 10.2. The summed E-state index contributed by atoms with van der Waals surface area (Å²) in [4.78, 5) is 4.40. The van der Waals surface area contributed by atoms with Gasteiger partial charge in [-0.2, -0.15) is 0 Å². The van der Waals surface area contributed by atoms with Crippen molar-refractivity contribution >= 4 is 17.4 Å². The number of hydrogen-bond donors (Lipinski definition) is 1. The lowest BCUT2D eigenvalue weighted by Crippen LogP contribution is -2.21. The highest BCUT2D eigenvalue weighted by molar-refractivity contribution is 6.31. The number of rotatable bonds is 7. The van der Waals surface area contributed by atoms with Gasteiger partial charge in [-0.05, 0) is 39.8 Å². The van der Waals surface area contributed by atoms with Crippen LogP contribution in [-0.2, 0) is 16.1 Å². The molecular formula is C14H23ClN2O2. The highest BCUT2D eigenvalue weighted by Crippen LogP contribution is 2.17. The molecule has 0 aliphatic rings. The molecule has 1 aromatic heterocycles. The average molecular weight is 287 g/mol. The van der Waals surface area contributed by atoms with Crippen LogP contribution in [0.1, 0.15) is 33.4 Å². The maximum absolute atomic E-state index is 6.08. The van der Waals surface area contributed by atoms with Crippen molar-refractivity contribution in [1.82, 2.24) is 4.98 Å². The van der Waals surface area contributed by atoms with Crippen molar-refractivity contribution in [1.29, 1.82) is 0 Å². The molecule has 0 saturated carbocycles. The number of anilines is 1. The van der Waals surface area contributed by atoms with E-state index in [1.807, 2.05) is 39.8 Å². The van der Waals surface area contributed by atoms with Gasteiger partial charge < -0.3 is 14.8 Å². The van der Waals surface area contributed by atoms with E-state index in [0.717, 1.165) is 18.1 Å². The number of ether oxygens (including phenoxy) is 2. The molecule has 1 aromatic rings. The van der Waals surface area contributed by atoms with Crippen molar-refractivity contribution in [3.63, 3.8) is 0 Å². The molecular weight excluding hydrogens is 264 g/mol. The number of aromatic nitrogens is 1. The van der Waals surface area contributed by atoms with Crippen LogP contribution in [0.5, 0.6) is 0 Å². The van der Waals surface area contributed by atoms with E-state index in [4.69, 9.17) is 21.1 Å². The van der Waals surface area contributed by atoms with Crippen molar-refractivity contribution in [2.75, 3.05) is 25.1 Å². The van der Waals surface area contributed by atoms with Crippen LogP contribution in [0.4, 0.5) is 5.82 Å². The molecule has 0 aromatic carbocycles. The Balaban J connectivity index is 2.38. The second-order valence-electron chi connectivity index (χ2n) is 5.17. The molecule has 0 amide bonds. The van der Waals surface area contributed by atoms with Crippen LogP contribution in [0.25, 0.3) is 0 Å². The van der Waals surface area contributed by atoms with E-state index in [1.165, 1.54) is 0 Å². The lowest BCUT2D eigenvalue weighted by molar-refractivity contribution is -0.0380. The zero-order valence-corrected chi connectivity index (χ0v) is 12.9. The lowest BCUT2D eigenvalue weighted by Gasteiger charge is -2.19. The second-order valence-corrected chi connectivity index (χ2v) is 5.58. The molecule has 0 saturated heterocycles. The molecule has 4 nitrogen and oxygen atoms in total. The number of halogens is 1. The molecule has 0 fully saturated rings. The van der Waals surface area contributed by atoms with Gasteiger partial charge in [0.05, 0.1) is 36.1 Å². The van der Waals surface area contributed by atoms with E-state index < -0.39 is 0 Å². The first-order valence-electron chi connectivity index (χ1n) is 6.53. The predicted molar refractivity (Wildman–Crippen MR) is 78.8 cm³/mol. The van der Waals surface area contributed by atoms with E-state index in [-0.39, 0.29) is 5.60 Å². The monoisotopic (exact) mass is 286 g/mol. The van der Waals surface area contributed by atoms with Gasteiger partial charge in [0.15, 0.2) is 0 Å². The molecule has 0 aliphatic heterocycles. The van der Waals surface area contributed by atoms with Crippen LogP contribution >= 0.6 is 11.6 Å². The third-order valence-corrected chi connectivity index (χ3v) is 2.62. The topological polar surface area (TPSA) is 43.4 Å². The van der Waals surface area contributed by atoms with Gasteiger partial charge in [-0.15, -0.1) is 0 Å². The highest BCUT2D eigenvalue weighted by Gasteiger charge is 2.09. The highest BCUT2D eigenvalue weighted by atomic mass is 35.5. The van der Waals surface area contributed by atoms with Crippen LogP contribution in [0.3, 0.4) is 0 Å². The van der Waals surface area contributed by atoms with Gasteiger partial charge in [0.2, 0.25) is 0 Å². The van der Waals surface area contributed by atoms with E-state index in [0.29, 0.717) is 24.8 Å². The summed E-state index contributed by atoms with van der Waals surface area (Å²) in [6, 6.07) is 3.69. The van der Waals surface area contributed by atoms with E-state index in [2.05, 4.69) is 10.3 Å². The van der Waals surface area contributed by atoms with Gasteiger partial charge >= 0.3 is 0 Å². The zero-order chi connectivity index (χ0) is 14.3. The maximum atomic E-state index is 6.08. The summed E-state index contributed by atoms with van der Waals surface area (Å²) in [6.07, 6.45) is 0. The molecule has 0 unspecified atom stereocenters. The molecule has 0 bridgehead atoms. The summed E-state index contributed by atoms with van der Waals surface area (Å²) in [7, 11) is 0. The van der Waals surface area contributed by atoms with Crippen molar-refractivity contribution < 1.29 is 9.47 Å². The summed E-state index contributed by atoms with van der Waals surface area (Å²) in [5.74, 6) is 0.816. The minimum Gasteiger partial charge on any atom is -0.373 e. The SMILES string of the molecule is CCNc1ccc(Cl)c(COCCOC(C)(C)C)n1. The Hall–Kier alpha value is -0.840. The average Bonchev–Trinajstić information content (AvgIpc) is 2.31. The molecule has 5 heteroatoms. The summed E-state index contributed by atoms with van der Waals surface area (Å²) in [6.45, 7) is 10.4. The Morgan fingerprint density at radius 2 is 2.00 bits per heavy atom. The van der Waals surface area contributed by atoms with Crippen LogP contribution < -0.4 is 5.32 Å². The summed E-state index contributed by atoms with van der Waals surface area (Å²) in [5.41, 5.74) is 0.611. The fourth-order valence-corrected chi connectivity index (χ4v) is 1.60. The van der Waals surface area contributed by atoms with Gasteiger partial charge in [0, 0.05) is 6.54 Å². The quantitative estimate of drug-likeness (QED) is 0.779. The minimum atomic E-state index is -0.135. The molecule has 108 valence electrons. The Morgan fingerprint density at radius 1 is 1.26 bits per heavy atom. The Labute approximate surface area is 120 Å². The normalized spacial score (nSPS) is 11.6. The van der Waals surface area contributed by atoms with Crippen molar-refractivity contribution in [3.05, 3.63) is 22.8 Å². The smallest absolute Gasteiger partial charge is 0.126 e. The largest absolute Gasteiger partial charge is 0.373 e. The fraction of sp³-hybridized carbons (Fsp3) is 0.643. The van der Waals surface area contributed by atoms with E-state index >= 15 is 0 Å². The molecule has 0 atom stereocenters.